The fraction of sp³-hybridized carbons (Fsp3) is 0.222. The van der Waals surface area contributed by atoms with E-state index >= 15 is 0 Å². The first-order valence-electron chi connectivity index (χ1n) is 6.98. The molecule has 1 atom stereocenters. The van der Waals surface area contributed by atoms with Crippen LogP contribution in [0.5, 0.6) is 0 Å². The van der Waals surface area contributed by atoms with E-state index in [9.17, 15) is 5.11 Å². The summed E-state index contributed by atoms with van der Waals surface area (Å²) in [7, 11) is 0. The molecule has 104 valence electrons. The quantitative estimate of drug-likeness (QED) is 0.808. The van der Waals surface area contributed by atoms with Gasteiger partial charge in [-0.25, -0.2) is 0 Å². The summed E-state index contributed by atoms with van der Waals surface area (Å²) in [5.74, 6) is 0. The second kappa shape index (κ2) is 8.31. The molecule has 20 heavy (non-hydrogen) atoms. The number of rotatable bonds is 7. The van der Waals surface area contributed by atoms with Crippen molar-refractivity contribution in [2.75, 3.05) is 13.2 Å². The maximum absolute atomic E-state index is 9.42. The first-order valence-corrected chi connectivity index (χ1v) is 6.98. The molecule has 0 aliphatic rings. The van der Waals surface area contributed by atoms with E-state index in [-0.39, 0.29) is 12.6 Å². The normalized spacial score (nSPS) is 12.7. The summed E-state index contributed by atoms with van der Waals surface area (Å²) in [6.07, 6.45) is 5.02. The third-order valence-corrected chi connectivity index (χ3v) is 3.18. The van der Waals surface area contributed by atoms with Gasteiger partial charge in [-0.1, -0.05) is 72.8 Å². The van der Waals surface area contributed by atoms with Gasteiger partial charge < -0.3 is 10.4 Å². The van der Waals surface area contributed by atoms with Crippen molar-refractivity contribution in [3.05, 3.63) is 77.9 Å². The molecule has 1 unspecified atom stereocenters. The van der Waals surface area contributed by atoms with Crippen molar-refractivity contribution in [2.24, 2.45) is 0 Å². The van der Waals surface area contributed by atoms with E-state index in [1.54, 1.807) is 0 Å². The standard InChI is InChI=1S/C18H21NO/c20-15-18(14-17-10-5-2-6-11-17)19-13-7-12-16-8-3-1-4-9-16/h1-12,18-20H,13-15H2. The van der Waals surface area contributed by atoms with Crippen LogP contribution in [0, 0.1) is 0 Å². The van der Waals surface area contributed by atoms with E-state index in [4.69, 9.17) is 0 Å². The van der Waals surface area contributed by atoms with Gasteiger partial charge in [0.25, 0.3) is 0 Å². The number of hydrogen-bond donors (Lipinski definition) is 2. The zero-order valence-corrected chi connectivity index (χ0v) is 11.6. The second-order valence-corrected chi connectivity index (χ2v) is 4.79. The minimum atomic E-state index is 0.0952. The summed E-state index contributed by atoms with van der Waals surface area (Å²) >= 11 is 0. The molecule has 2 nitrogen and oxygen atoms in total. The van der Waals surface area contributed by atoms with Crippen LogP contribution in [0.2, 0.25) is 0 Å². The van der Waals surface area contributed by atoms with Crippen LogP contribution in [-0.2, 0) is 6.42 Å². The molecule has 2 aromatic rings. The number of nitrogens with one attached hydrogen (secondary N) is 1. The Kier molecular flexibility index (Phi) is 6.03. The molecule has 0 aliphatic carbocycles. The molecule has 0 amide bonds. The largest absolute Gasteiger partial charge is 0.395 e. The summed E-state index contributed by atoms with van der Waals surface area (Å²) in [6.45, 7) is 0.904. The lowest BCUT2D eigenvalue weighted by Gasteiger charge is -2.15. The lowest BCUT2D eigenvalue weighted by atomic mass is 10.1. The minimum absolute atomic E-state index is 0.0952. The van der Waals surface area contributed by atoms with Gasteiger partial charge in [0.1, 0.15) is 0 Å². The maximum Gasteiger partial charge on any atom is 0.0587 e. The smallest absolute Gasteiger partial charge is 0.0587 e. The van der Waals surface area contributed by atoms with E-state index < -0.39 is 0 Å². The van der Waals surface area contributed by atoms with E-state index in [2.05, 4.69) is 41.7 Å². The molecule has 0 radical (unpaired) electrons. The Morgan fingerprint density at radius 2 is 1.60 bits per heavy atom. The van der Waals surface area contributed by atoms with Crippen LogP contribution in [0.1, 0.15) is 11.1 Å². The highest BCUT2D eigenvalue weighted by Gasteiger charge is 2.06. The lowest BCUT2D eigenvalue weighted by Crippen LogP contribution is -2.34. The summed E-state index contributed by atoms with van der Waals surface area (Å²) in [5, 5.41) is 12.8. The Bertz CT molecular complexity index is 507. The molecular formula is C18H21NO. The van der Waals surface area contributed by atoms with Gasteiger partial charge in [-0.05, 0) is 17.5 Å². The first-order chi connectivity index (χ1) is 9.88. The molecule has 0 saturated carbocycles. The maximum atomic E-state index is 9.42. The van der Waals surface area contributed by atoms with Gasteiger partial charge >= 0.3 is 0 Å². The summed E-state index contributed by atoms with van der Waals surface area (Å²) in [6, 6.07) is 20.5. The van der Waals surface area contributed by atoms with Crippen molar-refractivity contribution in [3.8, 4) is 0 Å². The third kappa shape index (κ3) is 5.00. The van der Waals surface area contributed by atoms with Crippen molar-refractivity contribution < 1.29 is 5.11 Å². The monoisotopic (exact) mass is 267 g/mol. The van der Waals surface area contributed by atoms with Crippen molar-refractivity contribution in [2.45, 2.75) is 12.5 Å². The van der Waals surface area contributed by atoms with Crippen LogP contribution in [0.3, 0.4) is 0 Å². The zero-order chi connectivity index (χ0) is 14.0. The van der Waals surface area contributed by atoms with Gasteiger partial charge in [-0.15, -0.1) is 0 Å². The average Bonchev–Trinajstić information content (AvgIpc) is 2.52. The van der Waals surface area contributed by atoms with Gasteiger partial charge in [0.05, 0.1) is 6.61 Å². The molecule has 0 spiro atoms. The molecule has 2 heteroatoms. The highest BCUT2D eigenvalue weighted by molar-refractivity contribution is 5.48. The Labute approximate surface area is 120 Å². The van der Waals surface area contributed by atoms with Crippen LogP contribution in [0.25, 0.3) is 6.08 Å². The molecule has 0 bridgehead atoms. The Hall–Kier alpha value is -1.90. The highest BCUT2D eigenvalue weighted by Crippen LogP contribution is 2.03. The first kappa shape index (κ1) is 14.5. The number of aliphatic hydroxyl groups excluding tert-OH is 1. The van der Waals surface area contributed by atoms with Gasteiger partial charge in [-0.2, -0.15) is 0 Å². The Balaban J connectivity index is 1.78. The van der Waals surface area contributed by atoms with E-state index in [1.165, 1.54) is 11.1 Å². The van der Waals surface area contributed by atoms with Crippen molar-refractivity contribution in [1.82, 2.24) is 5.32 Å². The predicted octanol–water partition coefficient (Wildman–Crippen LogP) is 2.89. The van der Waals surface area contributed by atoms with Crippen LogP contribution in [0.15, 0.2) is 66.7 Å². The molecular weight excluding hydrogens is 246 g/mol. The van der Waals surface area contributed by atoms with E-state index in [0.717, 1.165) is 13.0 Å². The number of aliphatic hydroxyl groups is 1. The molecule has 0 saturated heterocycles. The van der Waals surface area contributed by atoms with Crippen molar-refractivity contribution in [1.29, 1.82) is 0 Å². The summed E-state index contributed by atoms with van der Waals surface area (Å²) in [4.78, 5) is 0. The third-order valence-electron chi connectivity index (χ3n) is 3.18. The fourth-order valence-corrected chi connectivity index (χ4v) is 2.09. The van der Waals surface area contributed by atoms with Gasteiger partial charge in [-0.3, -0.25) is 0 Å². The Morgan fingerprint density at radius 1 is 0.950 bits per heavy atom. The highest BCUT2D eigenvalue weighted by atomic mass is 16.3. The van der Waals surface area contributed by atoms with Gasteiger partial charge in [0.15, 0.2) is 0 Å². The van der Waals surface area contributed by atoms with E-state index in [1.807, 2.05) is 36.4 Å². The lowest BCUT2D eigenvalue weighted by molar-refractivity contribution is 0.245. The average molecular weight is 267 g/mol. The topological polar surface area (TPSA) is 32.3 Å². The summed E-state index contributed by atoms with van der Waals surface area (Å²) < 4.78 is 0. The molecule has 0 fully saturated rings. The van der Waals surface area contributed by atoms with Gasteiger partial charge in [0, 0.05) is 12.6 Å². The molecule has 2 N–H and O–H groups in total. The van der Waals surface area contributed by atoms with Gasteiger partial charge in [0.2, 0.25) is 0 Å². The van der Waals surface area contributed by atoms with E-state index in [0.29, 0.717) is 0 Å². The van der Waals surface area contributed by atoms with Crippen LogP contribution < -0.4 is 5.32 Å². The summed E-state index contributed by atoms with van der Waals surface area (Å²) in [5.41, 5.74) is 2.43. The fourth-order valence-electron chi connectivity index (χ4n) is 2.09. The predicted molar refractivity (Wildman–Crippen MR) is 84.5 cm³/mol. The Morgan fingerprint density at radius 3 is 2.25 bits per heavy atom. The van der Waals surface area contributed by atoms with Crippen LogP contribution >= 0.6 is 0 Å². The van der Waals surface area contributed by atoms with Crippen molar-refractivity contribution >= 4 is 6.08 Å². The molecule has 0 aliphatic heterocycles. The SMILES string of the molecule is OCC(Cc1ccccc1)NCC=Cc1ccccc1. The molecule has 0 heterocycles. The zero-order valence-electron chi connectivity index (χ0n) is 11.6. The second-order valence-electron chi connectivity index (χ2n) is 4.79. The van der Waals surface area contributed by atoms with Crippen LogP contribution in [-0.4, -0.2) is 24.3 Å². The number of hydrogen-bond acceptors (Lipinski definition) is 2. The minimum Gasteiger partial charge on any atom is -0.395 e. The van der Waals surface area contributed by atoms with Crippen molar-refractivity contribution in [3.63, 3.8) is 0 Å². The molecule has 2 aromatic carbocycles. The molecule has 2 rings (SSSR count). The number of benzene rings is 2. The van der Waals surface area contributed by atoms with Crippen LogP contribution in [0.4, 0.5) is 0 Å². The molecule has 0 aromatic heterocycles.